The Morgan fingerprint density at radius 1 is 1.50 bits per heavy atom. The second-order valence-corrected chi connectivity index (χ2v) is 6.28. The first kappa shape index (κ1) is 13.6. The molecule has 104 valence electrons. The van der Waals surface area contributed by atoms with E-state index in [-0.39, 0.29) is 24.3 Å². The van der Waals surface area contributed by atoms with E-state index in [2.05, 4.69) is 0 Å². The van der Waals surface area contributed by atoms with Gasteiger partial charge in [-0.3, -0.25) is 4.90 Å². The molecular formula is C13H23NO4. The lowest BCUT2D eigenvalue weighted by Gasteiger charge is -2.53. The first-order valence-corrected chi connectivity index (χ1v) is 6.59. The van der Waals surface area contributed by atoms with Crippen molar-refractivity contribution in [1.29, 1.82) is 0 Å². The SMILES string of the molecule is CC(C)(C)OC(=O)N1CC(CO)OCC12CCC2. The second kappa shape index (κ2) is 4.70. The lowest BCUT2D eigenvalue weighted by atomic mass is 9.75. The van der Waals surface area contributed by atoms with Crippen molar-refractivity contribution < 1.29 is 19.4 Å². The molecular weight excluding hydrogens is 234 g/mol. The first-order chi connectivity index (χ1) is 8.36. The lowest BCUT2D eigenvalue weighted by molar-refractivity contribution is -0.146. The van der Waals surface area contributed by atoms with Crippen LogP contribution in [0.1, 0.15) is 40.0 Å². The summed E-state index contributed by atoms with van der Waals surface area (Å²) in [4.78, 5) is 14.0. The highest BCUT2D eigenvalue weighted by atomic mass is 16.6. The van der Waals surface area contributed by atoms with Gasteiger partial charge in [0.05, 0.1) is 31.4 Å². The number of rotatable bonds is 1. The summed E-state index contributed by atoms with van der Waals surface area (Å²) in [5.41, 5.74) is -0.678. The molecule has 1 atom stereocenters. The number of hydrogen-bond acceptors (Lipinski definition) is 4. The van der Waals surface area contributed by atoms with Gasteiger partial charge in [0.1, 0.15) is 5.60 Å². The Hall–Kier alpha value is -0.810. The highest BCUT2D eigenvalue weighted by molar-refractivity contribution is 5.69. The maximum atomic E-state index is 12.3. The number of aliphatic hydroxyl groups is 1. The van der Waals surface area contributed by atoms with Crippen LogP contribution < -0.4 is 0 Å². The van der Waals surface area contributed by atoms with E-state index in [1.54, 1.807) is 4.90 Å². The molecule has 1 amide bonds. The highest BCUT2D eigenvalue weighted by Gasteiger charge is 2.50. The van der Waals surface area contributed by atoms with Crippen molar-refractivity contribution in [2.24, 2.45) is 0 Å². The molecule has 5 nitrogen and oxygen atoms in total. The zero-order chi connectivity index (χ0) is 13.4. The topological polar surface area (TPSA) is 59.0 Å². The van der Waals surface area contributed by atoms with Crippen LogP contribution in [0.3, 0.4) is 0 Å². The Morgan fingerprint density at radius 3 is 2.61 bits per heavy atom. The fraction of sp³-hybridized carbons (Fsp3) is 0.923. The number of carbonyl (C=O) groups excluding carboxylic acids is 1. The Kier molecular flexibility index (Phi) is 3.56. The molecule has 1 heterocycles. The molecule has 1 aliphatic heterocycles. The molecule has 2 fully saturated rings. The van der Waals surface area contributed by atoms with E-state index in [1.165, 1.54) is 0 Å². The van der Waals surface area contributed by atoms with Crippen molar-refractivity contribution in [3.8, 4) is 0 Å². The van der Waals surface area contributed by atoms with E-state index in [4.69, 9.17) is 9.47 Å². The summed E-state index contributed by atoms with van der Waals surface area (Å²) in [5, 5.41) is 9.18. The van der Waals surface area contributed by atoms with Crippen LogP contribution in [0.4, 0.5) is 4.79 Å². The third-order valence-corrected chi connectivity index (χ3v) is 3.65. The summed E-state index contributed by atoms with van der Waals surface area (Å²) in [6.07, 6.45) is 2.47. The van der Waals surface area contributed by atoms with Crippen LogP contribution in [0.15, 0.2) is 0 Å². The summed E-state index contributed by atoms with van der Waals surface area (Å²) >= 11 is 0. The van der Waals surface area contributed by atoms with Crippen molar-refractivity contribution in [3.63, 3.8) is 0 Å². The number of hydrogen-bond donors (Lipinski definition) is 1. The predicted molar refractivity (Wildman–Crippen MR) is 66.3 cm³/mol. The van der Waals surface area contributed by atoms with E-state index in [9.17, 15) is 9.90 Å². The molecule has 1 unspecified atom stereocenters. The molecule has 1 aliphatic carbocycles. The number of nitrogens with zero attached hydrogens (tertiary/aromatic N) is 1. The van der Waals surface area contributed by atoms with Crippen molar-refractivity contribution >= 4 is 6.09 Å². The van der Waals surface area contributed by atoms with E-state index < -0.39 is 5.60 Å². The van der Waals surface area contributed by atoms with Gasteiger partial charge in [-0.15, -0.1) is 0 Å². The van der Waals surface area contributed by atoms with Gasteiger partial charge in [-0.05, 0) is 40.0 Å². The smallest absolute Gasteiger partial charge is 0.410 e. The van der Waals surface area contributed by atoms with Crippen molar-refractivity contribution in [2.75, 3.05) is 19.8 Å². The van der Waals surface area contributed by atoms with Crippen LogP contribution in [-0.2, 0) is 9.47 Å². The minimum atomic E-state index is -0.491. The van der Waals surface area contributed by atoms with Crippen LogP contribution in [0, 0.1) is 0 Å². The fourth-order valence-electron chi connectivity index (χ4n) is 2.50. The van der Waals surface area contributed by atoms with Gasteiger partial charge in [0.2, 0.25) is 0 Å². The Morgan fingerprint density at radius 2 is 2.17 bits per heavy atom. The molecule has 0 aromatic heterocycles. The van der Waals surface area contributed by atoms with Gasteiger partial charge in [-0.25, -0.2) is 4.79 Å². The first-order valence-electron chi connectivity index (χ1n) is 6.59. The van der Waals surface area contributed by atoms with Gasteiger partial charge in [-0.1, -0.05) is 0 Å². The van der Waals surface area contributed by atoms with Gasteiger partial charge < -0.3 is 14.6 Å². The molecule has 0 bridgehead atoms. The zero-order valence-electron chi connectivity index (χ0n) is 11.4. The zero-order valence-corrected chi connectivity index (χ0v) is 11.4. The van der Waals surface area contributed by atoms with Gasteiger partial charge >= 0.3 is 6.09 Å². The van der Waals surface area contributed by atoms with E-state index in [0.29, 0.717) is 13.2 Å². The van der Waals surface area contributed by atoms with Gasteiger partial charge in [0.15, 0.2) is 0 Å². The second-order valence-electron chi connectivity index (χ2n) is 6.28. The van der Waals surface area contributed by atoms with E-state index in [0.717, 1.165) is 19.3 Å². The molecule has 18 heavy (non-hydrogen) atoms. The van der Waals surface area contributed by atoms with Crippen LogP contribution >= 0.6 is 0 Å². The normalized spacial score (nSPS) is 26.9. The van der Waals surface area contributed by atoms with Gasteiger partial charge in [0.25, 0.3) is 0 Å². The fourth-order valence-corrected chi connectivity index (χ4v) is 2.50. The van der Waals surface area contributed by atoms with Crippen LogP contribution in [-0.4, -0.2) is 53.1 Å². The molecule has 1 spiro atoms. The maximum absolute atomic E-state index is 12.3. The summed E-state index contributed by atoms with van der Waals surface area (Å²) in [6, 6.07) is 0. The molecule has 1 saturated heterocycles. The summed E-state index contributed by atoms with van der Waals surface area (Å²) in [7, 11) is 0. The maximum Gasteiger partial charge on any atom is 0.410 e. The Bertz CT molecular complexity index is 319. The quantitative estimate of drug-likeness (QED) is 0.774. The van der Waals surface area contributed by atoms with Gasteiger partial charge in [0, 0.05) is 0 Å². The molecule has 1 saturated carbocycles. The van der Waals surface area contributed by atoms with Crippen LogP contribution in [0.5, 0.6) is 0 Å². The van der Waals surface area contributed by atoms with E-state index in [1.807, 2.05) is 20.8 Å². The monoisotopic (exact) mass is 257 g/mol. The van der Waals surface area contributed by atoms with Crippen LogP contribution in [0.25, 0.3) is 0 Å². The average Bonchev–Trinajstić information content (AvgIpc) is 2.23. The molecule has 0 aromatic carbocycles. The summed E-state index contributed by atoms with van der Waals surface area (Å²) in [5.74, 6) is 0. The number of amides is 1. The molecule has 2 rings (SSSR count). The third kappa shape index (κ3) is 2.62. The summed E-state index contributed by atoms with van der Waals surface area (Å²) < 4.78 is 11.0. The Labute approximate surface area is 108 Å². The van der Waals surface area contributed by atoms with Crippen molar-refractivity contribution in [1.82, 2.24) is 4.90 Å². The number of ether oxygens (including phenoxy) is 2. The number of aliphatic hydroxyl groups excluding tert-OH is 1. The molecule has 5 heteroatoms. The molecule has 2 aliphatic rings. The highest BCUT2D eigenvalue weighted by Crippen LogP contribution is 2.41. The minimum Gasteiger partial charge on any atom is -0.444 e. The molecule has 1 N–H and O–H groups in total. The number of carbonyl (C=O) groups is 1. The van der Waals surface area contributed by atoms with Crippen molar-refractivity contribution in [3.05, 3.63) is 0 Å². The predicted octanol–water partition coefficient (Wildman–Crippen LogP) is 1.54. The third-order valence-electron chi connectivity index (χ3n) is 3.65. The van der Waals surface area contributed by atoms with Gasteiger partial charge in [-0.2, -0.15) is 0 Å². The minimum absolute atomic E-state index is 0.0601. The molecule has 0 aromatic rings. The van der Waals surface area contributed by atoms with E-state index >= 15 is 0 Å². The van der Waals surface area contributed by atoms with Crippen molar-refractivity contribution in [2.45, 2.75) is 57.3 Å². The molecule has 0 radical (unpaired) electrons. The number of morpholine rings is 1. The Balaban J connectivity index is 2.08. The summed E-state index contributed by atoms with van der Waals surface area (Å²) in [6.45, 7) is 6.46. The standard InChI is InChI=1S/C13H23NO4/c1-12(2,3)18-11(16)14-7-10(8-15)17-9-13(14)5-4-6-13/h10,15H,4-9H2,1-3H3. The lowest BCUT2D eigenvalue weighted by Crippen LogP contribution is -2.65. The largest absolute Gasteiger partial charge is 0.444 e. The average molecular weight is 257 g/mol. The van der Waals surface area contributed by atoms with Crippen LogP contribution in [0.2, 0.25) is 0 Å².